The molecule has 2 aromatic rings. The van der Waals surface area contributed by atoms with Crippen molar-refractivity contribution in [2.45, 2.75) is 19.4 Å². The van der Waals surface area contributed by atoms with Gasteiger partial charge in [0.1, 0.15) is 6.61 Å². The third-order valence-electron chi connectivity index (χ3n) is 2.99. The standard InChI is InChI=1S/C14H19N3O/c1-11(7-15)13-5-3-12(4-6-13)10-18-14-8-16-17(2)9-14/h3-6,8-9,11H,7,10,15H2,1-2H3. The minimum absolute atomic E-state index is 0.401. The Kier molecular flexibility index (Phi) is 3.99. The van der Waals surface area contributed by atoms with Crippen LogP contribution in [0.2, 0.25) is 0 Å². The smallest absolute Gasteiger partial charge is 0.157 e. The summed E-state index contributed by atoms with van der Waals surface area (Å²) in [5.41, 5.74) is 8.06. The molecule has 2 rings (SSSR count). The van der Waals surface area contributed by atoms with Gasteiger partial charge in [0.2, 0.25) is 0 Å². The number of nitrogens with two attached hydrogens (primary N) is 1. The number of ether oxygens (including phenoxy) is 1. The van der Waals surface area contributed by atoms with Crippen LogP contribution in [0.1, 0.15) is 24.0 Å². The monoisotopic (exact) mass is 245 g/mol. The average molecular weight is 245 g/mol. The largest absolute Gasteiger partial charge is 0.486 e. The predicted octanol–water partition coefficient (Wildman–Crippen LogP) is 2.06. The number of nitrogens with zero attached hydrogens (tertiary/aromatic N) is 2. The molecular formula is C14H19N3O. The second kappa shape index (κ2) is 5.69. The summed E-state index contributed by atoms with van der Waals surface area (Å²) in [4.78, 5) is 0. The van der Waals surface area contributed by atoms with Crippen molar-refractivity contribution in [3.63, 3.8) is 0 Å². The number of benzene rings is 1. The maximum atomic E-state index is 5.65. The van der Waals surface area contributed by atoms with Crippen LogP contribution >= 0.6 is 0 Å². The highest BCUT2D eigenvalue weighted by molar-refractivity contribution is 5.25. The quantitative estimate of drug-likeness (QED) is 0.877. The van der Waals surface area contributed by atoms with E-state index in [0.717, 1.165) is 11.3 Å². The Morgan fingerprint density at radius 1 is 1.33 bits per heavy atom. The summed E-state index contributed by atoms with van der Waals surface area (Å²) in [7, 11) is 1.87. The fraction of sp³-hybridized carbons (Fsp3) is 0.357. The first kappa shape index (κ1) is 12.6. The van der Waals surface area contributed by atoms with Crippen molar-refractivity contribution in [3.05, 3.63) is 47.8 Å². The van der Waals surface area contributed by atoms with Crippen molar-refractivity contribution in [1.29, 1.82) is 0 Å². The van der Waals surface area contributed by atoms with Crippen LogP contribution in [0, 0.1) is 0 Å². The van der Waals surface area contributed by atoms with Crippen molar-refractivity contribution in [2.75, 3.05) is 6.54 Å². The Labute approximate surface area is 107 Å². The summed E-state index contributed by atoms with van der Waals surface area (Å²) < 4.78 is 7.36. The van der Waals surface area contributed by atoms with Crippen LogP contribution in [-0.4, -0.2) is 16.3 Å². The molecule has 0 aliphatic heterocycles. The van der Waals surface area contributed by atoms with E-state index >= 15 is 0 Å². The van der Waals surface area contributed by atoms with Crippen LogP contribution in [-0.2, 0) is 13.7 Å². The van der Waals surface area contributed by atoms with Gasteiger partial charge in [-0.25, -0.2) is 0 Å². The van der Waals surface area contributed by atoms with Crippen LogP contribution in [0.15, 0.2) is 36.7 Å². The Morgan fingerprint density at radius 3 is 2.61 bits per heavy atom. The van der Waals surface area contributed by atoms with E-state index in [-0.39, 0.29) is 0 Å². The molecule has 18 heavy (non-hydrogen) atoms. The van der Waals surface area contributed by atoms with Gasteiger partial charge in [-0.3, -0.25) is 4.68 Å². The molecule has 0 fully saturated rings. The van der Waals surface area contributed by atoms with Gasteiger partial charge in [0.05, 0.1) is 12.4 Å². The van der Waals surface area contributed by atoms with Crippen molar-refractivity contribution < 1.29 is 4.74 Å². The topological polar surface area (TPSA) is 53.1 Å². The third-order valence-corrected chi connectivity index (χ3v) is 2.99. The second-order valence-corrected chi connectivity index (χ2v) is 4.52. The fourth-order valence-corrected chi connectivity index (χ4v) is 1.72. The van der Waals surface area contributed by atoms with Crippen LogP contribution in [0.3, 0.4) is 0 Å². The SMILES string of the molecule is CC(CN)c1ccc(COc2cnn(C)c2)cc1. The molecule has 0 aliphatic carbocycles. The summed E-state index contributed by atoms with van der Waals surface area (Å²) >= 11 is 0. The molecule has 0 amide bonds. The molecule has 1 heterocycles. The number of aryl methyl sites for hydroxylation is 1. The molecule has 96 valence electrons. The van der Waals surface area contributed by atoms with Crippen molar-refractivity contribution >= 4 is 0 Å². The van der Waals surface area contributed by atoms with E-state index in [1.165, 1.54) is 5.56 Å². The lowest BCUT2D eigenvalue weighted by Crippen LogP contribution is -2.08. The molecule has 1 aromatic heterocycles. The van der Waals surface area contributed by atoms with Gasteiger partial charge in [0.25, 0.3) is 0 Å². The van der Waals surface area contributed by atoms with Crippen LogP contribution in [0.5, 0.6) is 5.75 Å². The van der Waals surface area contributed by atoms with Gasteiger partial charge in [-0.1, -0.05) is 31.2 Å². The van der Waals surface area contributed by atoms with E-state index in [0.29, 0.717) is 19.1 Å². The van der Waals surface area contributed by atoms with Crippen LogP contribution < -0.4 is 10.5 Å². The number of aromatic nitrogens is 2. The van der Waals surface area contributed by atoms with Crippen molar-refractivity contribution in [1.82, 2.24) is 9.78 Å². The van der Waals surface area contributed by atoms with Crippen molar-refractivity contribution in [2.24, 2.45) is 12.8 Å². The second-order valence-electron chi connectivity index (χ2n) is 4.52. The molecule has 4 heteroatoms. The average Bonchev–Trinajstić information content (AvgIpc) is 2.82. The molecule has 0 saturated carbocycles. The Hall–Kier alpha value is -1.81. The highest BCUT2D eigenvalue weighted by Gasteiger charge is 2.03. The minimum Gasteiger partial charge on any atom is -0.486 e. The lowest BCUT2D eigenvalue weighted by atomic mass is 10.0. The highest BCUT2D eigenvalue weighted by atomic mass is 16.5. The zero-order valence-corrected chi connectivity index (χ0v) is 10.8. The summed E-state index contributed by atoms with van der Waals surface area (Å²) in [6, 6.07) is 8.38. The van der Waals surface area contributed by atoms with E-state index < -0.39 is 0 Å². The molecule has 1 unspecified atom stereocenters. The van der Waals surface area contributed by atoms with E-state index in [2.05, 4.69) is 36.3 Å². The maximum absolute atomic E-state index is 5.65. The van der Waals surface area contributed by atoms with Gasteiger partial charge in [-0.2, -0.15) is 5.10 Å². The molecule has 0 saturated heterocycles. The predicted molar refractivity (Wildman–Crippen MR) is 71.5 cm³/mol. The third kappa shape index (κ3) is 3.11. The first-order chi connectivity index (χ1) is 8.69. The molecule has 0 bridgehead atoms. The first-order valence-electron chi connectivity index (χ1n) is 6.09. The van der Waals surface area contributed by atoms with E-state index in [1.807, 2.05) is 13.2 Å². The molecular weight excluding hydrogens is 226 g/mol. The molecule has 0 spiro atoms. The summed E-state index contributed by atoms with van der Waals surface area (Å²) in [5, 5.41) is 4.06. The first-order valence-corrected chi connectivity index (χ1v) is 6.09. The normalized spacial score (nSPS) is 12.4. The number of rotatable bonds is 5. The van der Waals surface area contributed by atoms with E-state index in [9.17, 15) is 0 Å². The van der Waals surface area contributed by atoms with Gasteiger partial charge < -0.3 is 10.5 Å². The zero-order chi connectivity index (χ0) is 13.0. The van der Waals surface area contributed by atoms with Gasteiger partial charge >= 0.3 is 0 Å². The molecule has 1 atom stereocenters. The summed E-state index contributed by atoms with van der Waals surface area (Å²) in [6.07, 6.45) is 3.57. The van der Waals surface area contributed by atoms with Gasteiger partial charge in [0, 0.05) is 7.05 Å². The lowest BCUT2D eigenvalue weighted by molar-refractivity contribution is 0.306. The van der Waals surface area contributed by atoms with Gasteiger partial charge in [0.15, 0.2) is 5.75 Å². The molecule has 2 N–H and O–H groups in total. The van der Waals surface area contributed by atoms with Crippen LogP contribution in [0.25, 0.3) is 0 Å². The Morgan fingerprint density at radius 2 is 2.06 bits per heavy atom. The lowest BCUT2D eigenvalue weighted by Gasteiger charge is -2.09. The highest BCUT2D eigenvalue weighted by Crippen LogP contribution is 2.16. The Balaban J connectivity index is 1.94. The minimum atomic E-state index is 0.401. The summed E-state index contributed by atoms with van der Waals surface area (Å²) in [5.74, 6) is 1.19. The maximum Gasteiger partial charge on any atom is 0.157 e. The fourth-order valence-electron chi connectivity index (χ4n) is 1.72. The van der Waals surface area contributed by atoms with E-state index in [1.54, 1.807) is 10.9 Å². The molecule has 1 aromatic carbocycles. The Bertz CT molecular complexity index is 490. The van der Waals surface area contributed by atoms with Gasteiger partial charge in [-0.15, -0.1) is 0 Å². The number of hydrogen-bond donors (Lipinski definition) is 1. The van der Waals surface area contributed by atoms with Crippen molar-refractivity contribution in [3.8, 4) is 5.75 Å². The van der Waals surface area contributed by atoms with Crippen LogP contribution in [0.4, 0.5) is 0 Å². The molecule has 0 aliphatic rings. The van der Waals surface area contributed by atoms with E-state index in [4.69, 9.17) is 10.5 Å². The summed E-state index contributed by atoms with van der Waals surface area (Å²) in [6.45, 7) is 3.36. The molecule has 4 nitrogen and oxygen atoms in total. The number of hydrogen-bond acceptors (Lipinski definition) is 3. The molecule has 0 radical (unpaired) electrons. The van der Waals surface area contributed by atoms with Gasteiger partial charge in [-0.05, 0) is 23.6 Å². The zero-order valence-electron chi connectivity index (χ0n) is 10.8.